The van der Waals surface area contributed by atoms with Crippen molar-refractivity contribution >= 4 is 5.91 Å². The van der Waals surface area contributed by atoms with Gasteiger partial charge in [-0.15, -0.1) is 0 Å². The number of amides is 1. The number of hydrogen-bond acceptors (Lipinski definition) is 4. The first-order valence-electron chi connectivity index (χ1n) is 10.5. The van der Waals surface area contributed by atoms with Gasteiger partial charge in [0.25, 0.3) is 0 Å². The van der Waals surface area contributed by atoms with E-state index >= 15 is 0 Å². The number of hydrogen-bond donors (Lipinski definition) is 1. The van der Waals surface area contributed by atoms with Crippen molar-refractivity contribution in [2.45, 2.75) is 44.7 Å². The van der Waals surface area contributed by atoms with Gasteiger partial charge in [-0.3, -0.25) is 9.69 Å². The second kappa shape index (κ2) is 10.9. The average Bonchev–Trinajstić information content (AvgIpc) is 2.79. The van der Waals surface area contributed by atoms with Gasteiger partial charge in [0, 0.05) is 31.1 Å². The zero-order valence-corrected chi connectivity index (χ0v) is 17.5. The van der Waals surface area contributed by atoms with Gasteiger partial charge in [-0.1, -0.05) is 55.3 Å². The topological polar surface area (TPSA) is 50.8 Å². The molecule has 1 N–H and O–H groups in total. The molecule has 0 bridgehead atoms. The number of methoxy groups -OCH3 is 2. The van der Waals surface area contributed by atoms with Crippen LogP contribution in [0.2, 0.25) is 0 Å². The van der Waals surface area contributed by atoms with Crippen molar-refractivity contribution in [2.75, 3.05) is 27.3 Å². The molecule has 0 radical (unpaired) electrons. The summed E-state index contributed by atoms with van der Waals surface area (Å²) in [5.41, 5.74) is 2.24. The van der Waals surface area contributed by atoms with Crippen LogP contribution in [-0.4, -0.2) is 38.1 Å². The Kier molecular flexibility index (Phi) is 7.94. The Morgan fingerprint density at radius 3 is 2.52 bits per heavy atom. The Morgan fingerprint density at radius 1 is 0.966 bits per heavy atom. The van der Waals surface area contributed by atoms with E-state index in [9.17, 15) is 4.79 Å². The highest BCUT2D eigenvalue weighted by Crippen LogP contribution is 2.34. The molecule has 156 valence electrons. The molecule has 2 aromatic carbocycles. The maximum absolute atomic E-state index is 12.6. The van der Waals surface area contributed by atoms with E-state index < -0.39 is 0 Å². The van der Waals surface area contributed by atoms with Gasteiger partial charge in [0.2, 0.25) is 5.91 Å². The lowest BCUT2D eigenvalue weighted by Crippen LogP contribution is -2.34. The Labute approximate surface area is 174 Å². The zero-order chi connectivity index (χ0) is 20.5. The summed E-state index contributed by atoms with van der Waals surface area (Å²) in [4.78, 5) is 15.1. The number of carbonyl (C=O) groups excluding carboxylic acids is 1. The van der Waals surface area contributed by atoms with Gasteiger partial charge in [-0.05, 0) is 31.0 Å². The molecule has 0 aromatic heterocycles. The molecule has 1 aliphatic rings. The van der Waals surface area contributed by atoms with E-state index in [1.54, 1.807) is 14.2 Å². The molecule has 3 rings (SSSR count). The molecular formula is C24H32N2O3. The molecule has 0 spiro atoms. The summed E-state index contributed by atoms with van der Waals surface area (Å²) in [6.45, 7) is 2.41. The molecule has 1 fully saturated rings. The first-order chi connectivity index (χ1) is 14.2. The van der Waals surface area contributed by atoms with Crippen molar-refractivity contribution in [3.63, 3.8) is 0 Å². The number of ether oxygens (including phenoxy) is 2. The van der Waals surface area contributed by atoms with Crippen LogP contribution in [0.4, 0.5) is 0 Å². The van der Waals surface area contributed by atoms with Crippen molar-refractivity contribution < 1.29 is 14.3 Å². The number of rotatable bonds is 5. The van der Waals surface area contributed by atoms with Gasteiger partial charge >= 0.3 is 0 Å². The molecule has 1 atom stereocenters. The Balaban J connectivity index is 1.94. The molecule has 1 amide bonds. The van der Waals surface area contributed by atoms with E-state index in [2.05, 4.69) is 28.4 Å². The molecule has 2 aromatic rings. The number of para-hydroxylation sites is 1. The summed E-state index contributed by atoms with van der Waals surface area (Å²) in [6, 6.07) is 16.3. The van der Waals surface area contributed by atoms with Crippen molar-refractivity contribution in [2.24, 2.45) is 0 Å². The fourth-order valence-corrected chi connectivity index (χ4v) is 4.04. The van der Waals surface area contributed by atoms with E-state index in [0.717, 1.165) is 49.4 Å². The number of nitrogens with zero attached hydrogens (tertiary/aromatic N) is 1. The number of nitrogens with one attached hydrogen (secondary N) is 1. The molecule has 0 aliphatic carbocycles. The van der Waals surface area contributed by atoms with Gasteiger partial charge in [-0.25, -0.2) is 0 Å². The highest BCUT2D eigenvalue weighted by molar-refractivity contribution is 5.76. The Morgan fingerprint density at radius 2 is 1.76 bits per heavy atom. The first-order valence-corrected chi connectivity index (χ1v) is 10.5. The van der Waals surface area contributed by atoms with E-state index in [1.165, 1.54) is 12.0 Å². The summed E-state index contributed by atoms with van der Waals surface area (Å²) in [5, 5.41) is 3.09. The largest absolute Gasteiger partial charge is 0.493 e. The number of benzene rings is 2. The lowest BCUT2D eigenvalue weighted by Gasteiger charge is -2.32. The van der Waals surface area contributed by atoms with Crippen LogP contribution >= 0.6 is 0 Å². The average molecular weight is 397 g/mol. The molecule has 1 heterocycles. The predicted octanol–water partition coefficient (Wildman–Crippen LogP) is 4.33. The predicted molar refractivity (Wildman–Crippen MR) is 115 cm³/mol. The highest BCUT2D eigenvalue weighted by atomic mass is 16.5. The lowest BCUT2D eigenvalue weighted by atomic mass is 9.99. The second-order valence-electron chi connectivity index (χ2n) is 7.52. The van der Waals surface area contributed by atoms with Crippen molar-refractivity contribution in [3.8, 4) is 11.5 Å². The molecule has 5 heteroatoms. The lowest BCUT2D eigenvalue weighted by molar-refractivity contribution is -0.122. The van der Waals surface area contributed by atoms with Crippen LogP contribution < -0.4 is 14.8 Å². The Bertz CT molecular complexity index is 779. The summed E-state index contributed by atoms with van der Waals surface area (Å²) in [5.74, 6) is 1.61. The third-order valence-electron chi connectivity index (χ3n) is 5.56. The monoisotopic (exact) mass is 396 g/mol. The molecule has 1 unspecified atom stereocenters. The van der Waals surface area contributed by atoms with Gasteiger partial charge < -0.3 is 14.8 Å². The van der Waals surface area contributed by atoms with Crippen molar-refractivity contribution in [3.05, 3.63) is 59.7 Å². The van der Waals surface area contributed by atoms with Crippen LogP contribution in [-0.2, 0) is 11.3 Å². The standard InChI is InChI=1S/C24H32N2O3/c1-28-22-14-10-13-20(24(22)29-2)18-26-16-9-4-3-8-15-25-23(27)17-21(26)19-11-6-5-7-12-19/h5-7,10-14,21H,3-4,8-9,15-18H2,1-2H3,(H,25,27). The van der Waals surface area contributed by atoms with Gasteiger partial charge in [0.05, 0.1) is 14.2 Å². The molecule has 5 nitrogen and oxygen atoms in total. The molecule has 0 saturated carbocycles. The van der Waals surface area contributed by atoms with E-state index in [4.69, 9.17) is 9.47 Å². The minimum absolute atomic E-state index is 0.0187. The smallest absolute Gasteiger partial charge is 0.221 e. The molecule has 29 heavy (non-hydrogen) atoms. The quantitative estimate of drug-likeness (QED) is 0.817. The third-order valence-corrected chi connectivity index (χ3v) is 5.56. The fraction of sp³-hybridized carbons (Fsp3) is 0.458. The molecule has 1 aliphatic heterocycles. The minimum atomic E-state index is 0.0187. The first kappa shape index (κ1) is 21.2. The third kappa shape index (κ3) is 5.73. The van der Waals surface area contributed by atoms with Crippen LogP contribution in [0.15, 0.2) is 48.5 Å². The SMILES string of the molecule is COc1cccc(CN2CCCCCCNC(=O)CC2c2ccccc2)c1OC. The maximum Gasteiger partial charge on any atom is 0.221 e. The van der Waals surface area contributed by atoms with Gasteiger partial charge in [0.1, 0.15) is 0 Å². The van der Waals surface area contributed by atoms with Crippen molar-refractivity contribution in [1.82, 2.24) is 10.2 Å². The van der Waals surface area contributed by atoms with Crippen molar-refractivity contribution in [1.29, 1.82) is 0 Å². The summed E-state index contributed by atoms with van der Waals surface area (Å²) >= 11 is 0. The number of carbonyl (C=O) groups is 1. The van der Waals surface area contributed by atoms with Gasteiger partial charge in [0.15, 0.2) is 11.5 Å². The van der Waals surface area contributed by atoms with Gasteiger partial charge in [-0.2, -0.15) is 0 Å². The minimum Gasteiger partial charge on any atom is -0.493 e. The van der Waals surface area contributed by atoms with Crippen LogP contribution in [0.25, 0.3) is 0 Å². The zero-order valence-electron chi connectivity index (χ0n) is 17.5. The Hall–Kier alpha value is -2.53. The summed E-state index contributed by atoms with van der Waals surface area (Å²) < 4.78 is 11.1. The van der Waals surface area contributed by atoms with Crippen LogP contribution in [0, 0.1) is 0 Å². The molecule has 1 saturated heterocycles. The summed E-state index contributed by atoms with van der Waals surface area (Å²) in [7, 11) is 3.34. The van der Waals surface area contributed by atoms with Crippen LogP contribution in [0.3, 0.4) is 0 Å². The summed E-state index contributed by atoms with van der Waals surface area (Å²) in [6.07, 6.45) is 4.93. The fourth-order valence-electron chi connectivity index (χ4n) is 4.04. The molecular weight excluding hydrogens is 364 g/mol. The second-order valence-corrected chi connectivity index (χ2v) is 7.52. The van der Waals surface area contributed by atoms with E-state index in [0.29, 0.717) is 13.0 Å². The maximum atomic E-state index is 12.6. The van der Waals surface area contributed by atoms with Crippen LogP contribution in [0.1, 0.15) is 49.3 Å². The normalized spacial score (nSPS) is 19.1. The van der Waals surface area contributed by atoms with Crippen LogP contribution in [0.5, 0.6) is 11.5 Å². The van der Waals surface area contributed by atoms with E-state index in [1.807, 2.05) is 30.3 Å². The highest BCUT2D eigenvalue weighted by Gasteiger charge is 2.25. The van der Waals surface area contributed by atoms with E-state index in [-0.39, 0.29) is 11.9 Å².